The van der Waals surface area contributed by atoms with Crippen LogP contribution in [0.5, 0.6) is 0 Å². The average molecular weight is 689 g/mol. The molecule has 0 radical (unpaired) electrons. The molecule has 0 aliphatic heterocycles. The van der Waals surface area contributed by atoms with E-state index in [1.807, 2.05) is 27.7 Å². The molecule has 0 saturated heterocycles. The summed E-state index contributed by atoms with van der Waals surface area (Å²) in [5, 5.41) is 0. The maximum absolute atomic E-state index is 5.02. The quantitative estimate of drug-likeness (QED) is 0.0582. The van der Waals surface area contributed by atoms with Crippen molar-refractivity contribution in [2.24, 2.45) is 23.7 Å². The van der Waals surface area contributed by atoms with Crippen molar-refractivity contribution in [3.63, 3.8) is 0 Å². The number of hydrogen-bond donors (Lipinski definition) is 0. The Balaban J connectivity index is -0.0000000613. The van der Waals surface area contributed by atoms with Gasteiger partial charge in [0.1, 0.15) is 0 Å². The van der Waals surface area contributed by atoms with Crippen LogP contribution in [0.3, 0.4) is 0 Å². The lowest BCUT2D eigenvalue weighted by molar-refractivity contribution is 0.346. The summed E-state index contributed by atoms with van der Waals surface area (Å²) in [5.74, 6) is 5.26. The number of hydrogen-bond acceptors (Lipinski definition) is 0. The third-order valence-corrected chi connectivity index (χ3v) is 8.23. The van der Waals surface area contributed by atoms with Crippen molar-refractivity contribution in [1.29, 1.82) is 0 Å². The zero-order valence-electron chi connectivity index (χ0n) is 33.8. The standard InChI is InChI=1S/C15H28.C12H24.C9H16.C7H10.C2H6.4CH4/c1-4-7-9-11-14-15(12-6-3)13-10-8-5-2;1-6-8-12(9-7-2)11(5)10(3)4;1-6-8(4)9(5)7(2)3;1-5-7(4)6(2)3;1-2;;;;/h6,8,10,12,15H,4-5,7,9,11,13-14H2,1-3H3;11-12H,3,6-9H2,1-2,4-5H3;2,6H2,1,3-5H3;1,6H,4H2,2-3H3;1-2H3;4*1H4/b10-8+,12-6+;;9-8+;;;;;;. The van der Waals surface area contributed by atoms with Crippen LogP contribution in [0.1, 0.15) is 211 Å². The van der Waals surface area contributed by atoms with E-state index in [4.69, 9.17) is 6.42 Å². The molecule has 0 aliphatic rings. The van der Waals surface area contributed by atoms with Gasteiger partial charge >= 0.3 is 0 Å². The summed E-state index contributed by atoms with van der Waals surface area (Å²) in [5.41, 5.74) is 6.22. The van der Waals surface area contributed by atoms with Gasteiger partial charge in [0, 0.05) is 0 Å². The van der Waals surface area contributed by atoms with E-state index in [0.29, 0.717) is 11.8 Å². The number of allylic oxidation sites excluding steroid dienone is 9. The Morgan fingerprint density at radius 3 is 1.47 bits per heavy atom. The fourth-order valence-electron chi connectivity index (χ4n) is 4.42. The lowest BCUT2D eigenvalue weighted by Gasteiger charge is -2.23. The highest BCUT2D eigenvalue weighted by molar-refractivity contribution is 5.28. The first-order chi connectivity index (χ1) is 21.2. The summed E-state index contributed by atoms with van der Waals surface area (Å²) in [4.78, 5) is 0. The summed E-state index contributed by atoms with van der Waals surface area (Å²) < 4.78 is 0. The lowest BCUT2D eigenvalue weighted by Crippen LogP contribution is -2.12. The van der Waals surface area contributed by atoms with Crippen LogP contribution in [0.25, 0.3) is 0 Å². The predicted molar refractivity (Wildman–Crippen MR) is 243 cm³/mol. The van der Waals surface area contributed by atoms with Crippen molar-refractivity contribution in [1.82, 2.24) is 0 Å². The molecule has 296 valence electrons. The molecule has 0 spiro atoms. The smallest absolute Gasteiger partial charge is 0.00287 e. The molecule has 0 amide bonds. The van der Waals surface area contributed by atoms with E-state index < -0.39 is 0 Å². The van der Waals surface area contributed by atoms with Crippen LogP contribution in [0.2, 0.25) is 0 Å². The van der Waals surface area contributed by atoms with Gasteiger partial charge in [-0.1, -0.05) is 217 Å². The first-order valence-corrected chi connectivity index (χ1v) is 18.7. The summed E-state index contributed by atoms with van der Waals surface area (Å²) in [6.07, 6.45) is 30.0. The van der Waals surface area contributed by atoms with Crippen LogP contribution in [-0.2, 0) is 0 Å². The topological polar surface area (TPSA) is 0 Å². The van der Waals surface area contributed by atoms with Crippen LogP contribution in [-0.4, -0.2) is 0 Å². The Morgan fingerprint density at radius 2 is 1.20 bits per heavy atom. The SMILES string of the molecule is C.C.C.C.C#CC(=C)C(C)C.C/C=C/C(C/C=C/CC)CCCCCC.C=C(C)/C(C)=C(\C)CC.C=C(C)C(C)C(CCC)CCC.CC. The van der Waals surface area contributed by atoms with Gasteiger partial charge < -0.3 is 0 Å². The van der Waals surface area contributed by atoms with Crippen LogP contribution in [0.4, 0.5) is 0 Å². The Labute approximate surface area is 317 Å². The summed E-state index contributed by atoms with van der Waals surface area (Å²) in [6.45, 7) is 43.7. The largest absolute Gasteiger partial charge is 0.115 e. The van der Waals surface area contributed by atoms with Gasteiger partial charge in [-0.3, -0.25) is 0 Å². The van der Waals surface area contributed by atoms with Gasteiger partial charge in [0.15, 0.2) is 0 Å². The van der Waals surface area contributed by atoms with E-state index in [2.05, 4.69) is 126 Å². The lowest BCUT2D eigenvalue weighted by atomic mass is 9.83. The summed E-state index contributed by atoms with van der Waals surface area (Å²) >= 11 is 0. The van der Waals surface area contributed by atoms with Crippen LogP contribution in [0.15, 0.2) is 71.9 Å². The third-order valence-electron chi connectivity index (χ3n) is 8.23. The minimum atomic E-state index is 0. The molecule has 0 aromatic carbocycles. The van der Waals surface area contributed by atoms with Crippen LogP contribution >= 0.6 is 0 Å². The maximum atomic E-state index is 5.02. The third kappa shape index (κ3) is 50.5. The second-order valence-electron chi connectivity index (χ2n) is 12.6. The van der Waals surface area contributed by atoms with Crippen molar-refractivity contribution in [2.45, 2.75) is 211 Å². The normalized spacial score (nSPS) is 11.3. The molecule has 0 heteroatoms. The van der Waals surface area contributed by atoms with E-state index in [-0.39, 0.29) is 29.7 Å². The zero-order chi connectivity index (χ0) is 36.2. The molecule has 0 aliphatic carbocycles. The predicted octanol–water partition coefficient (Wildman–Crippen LogP) is 18.6. The van der Waals surface area contributed by atoms with E-state index >= 15 is 0 Å². The van der Waals surface area contributed by atoms with Gasteiger partial charge in [-0.05, 0) is 95.1 Å². The molecule has 0 N–H and O–H groups in total. The molecule has 2 atom stereocenters. The van der Waals surface area contributed by atoms with E-state index in [1.54, 1.807) is 0 Å². The highest BCUT2D eigenvalue weighted by Gasteiger charge is 2.15. The van der Waals surface area contributed by atoms with Crippen LogP contribution < -0.4 is 0 Å². The molecular weight excluding hydrogens is 589 g/mol. The highest BCUT2D eigenvalue weighted by Crippen LogP contribution is 2.27. The fourth-order valence-corrected chi connectivity index (χ4v) is 4.42. The summed E-state index contributed by atoms with van der Waals surface area (Å²) in [6, 6.07) is 0. The fraction of sp³-hybridized carbons (Fsp3) is 0.714. The van der Waals surface area contributed by atoms with E-state index in [1.165, 1.54) is 92.9 Å². The van der Waals surface area contributed by atoms with Crippen molar-refractivity contribution in [3.8, 4) is 12.3 Å². The first kappa shape index (κ1) is 68.9. The first-order valence-electron chi connectivity index (χ1n) is 18.7. The average Bonchev–Trinajstić information content (AvgIpc) is 3.03. The van der Waals surface area contributed by atoms with Crippen molar-refractivity contribution in [3.05, 3.63) is 71.9 Å². The zero-order valence-corrected chi connectivity index (χ0v) is 33.8. The van der Waals surface area contributed by atoms with Crippen molar-refractivity contribution >= 4 is 0 Å². The minimum Gasteiger partial charge on any atom is -0.115 e. The molecule has 0 bridgehead atoms. The van der Waals surface area contributed by atoms with Gasteiger partial charge in [0.2, 0.25) is 0 Å². The van der Waals surface area contributed by atoms with Crippen molar-refractivity contribution < 1.29 is 0 Å². The molecular formula is C49H100. The molecule has 0 nitrogen and oxygen atoms in total. The Kier molecular flexibility index (Phi) is 74.2. The molecule has 0 saturated carbocycles. The second-order valence-corrected chi connectivity index (χ2v) is 12.6. The molecule has 0 aromatic heterocycles. The van der Waals surface area contributed by atoms with E-state index in [9.17, 15) is 0 Å². The Bertz CT molecular complexity index is 797. The Morgan fingerprint density at radius 1 is 0.714 bits per heavy atom. The number of unbranched alkanes of at least 4 members (excludes halogenated alkanes) is 3. The van der Waals surface area contributed by atoms with Gasteiger partial charge in [0.05, 0.1) is 0 Å². The van der Waals surface area contributed by atoms with Crippen LogP contribution in [0, 0.1) is 36.0 Å². The van der Waals surface area contributed by atoms with Gasteiger partial charge in [-0.15, -0.1) is 6.42 Å². The number of rotatable bonds is 18. The maximum Gasteiger partial charge on any atom is -0.00287 e. The monoisotopic (exact) mass is 689 g/mol. The van der Waals surface area contributed by atoms with Gasteiger partial charge in [-0.25, -0.2) is 0 Å². The Hall–Kier alpha value is -2.00. The van der Waals surface area contributed by atoms with Gasteiger partial charge in [-0.2, -0.15) is 0 Å². The summed E-state index contributed by atoms with van der Waals surface area (Å²) in [7, 11) is 0. The molecule has 0 aromatic rings. The number of terminal acetylenes is 1. The molecule has 2 unspecified atom stereocenters. The minimum absolute atomic E-state index is 0. The molecule has 0 fully saturated rings. The van der Waals surface area contributed by atoms with Gasteiger partial charge in [0.25, 0.3) is 0 Å². The highest BCUT2D eigenvalue weighted by atomic mass is 14.2. The van der Waals surface area contributed by atoms with E-state index in [0.717, 1.165) is 23.8 Å². The van der Waals surface area contributed by atoms with Crippen molar-refractivity contribution in [2.75, 3.05) is 0 Å². The molecule has 0 heterocycles. The molecule has 49 heavy (non-hydrogen) atoms. The molecule has 0 rings (SSSR count). The second kappa shape index (κ2) is 52.8.